The van der Waals surface area contributed by atoms with Crippen LogP contribution in [0.15, 0.2) is 22.7 Å². The Bertz CT molecular complexity index is 360. The van der Waals surface area contributed by atoms with E-state index < -0.39 is 0 Å². The minimum atomic E-state index is 0.601. The van der Waals surface area contributed by atoms with Crippen LogP contribution in [-0.2, 0) is 12.8 Å². The zero-order chi connectivity index (χ0) is 11.5. The van der Waals surface area contributed by atoms with E-state index in [2.05, 4.69) is 53.3 Å². The van der Waals surface area contributed by atoms with E-state index in [1.807, 2.05) is 0 Å². The van der Waals surface area contributed by atoms with Crippen LogP contribution in [0.5, 0.6) is 0 Å². The molecule has 1 aromatic carbocycles. The number of nitrogens with one attached hydrogen (secondary N) is 1. The molecule has 16 heavy (non-hydrogen) atoms. The Morgan fingerprint density at radius 1 is 1.44 bits per heavy atom. The zero-order valence-electron chi connectivity index (χ0n) is 10.1. The predicted molar refractivity (Wildman–Crippen MR) is 72.8 cm³/mol. The summed E-state index contributed by atoms with van der Waals surface area (Å²) in [6.07, 6.45) is 3.77. The molecule has 0 saturated carbocycles. The molecule has 1 aliphatic rings. The molecule has 88 valence electrons. The van der Waals surface area contributed by atoms with Crippen LogP contribution < -0.4 is 5.32 Å². The van der Waals surface area contributed by atoms with Gasteiger partial charge in [-0.3, -0.25) is 0 Å². The van der Waals surface area contributed by atoms with Crippen LogP contribution >= 0.6 is 15.9 Å². The van der Waals surface area contributed by atoms with E-state index in [0.717, 1.165) is 12.5 Å². The van der Waals surface area contributed by atoms with Crippen LogP contribution in [0.2, 0.25) is 0 Å². The third kappa shape index (κ3) is 2.86. The lowest BCUT2D eigenvalue weighted by Crippen LogP contribution is -2.31. The average molecular weight is 282 g/mol. The van der Waals surface area contributed by atoms with Gasteiger partial charge in [0.05, 0.1) is 0 Å². The van der Waals surface area contributed by atoms with Crippen molar-refractivity contribution in [3.05, 3.63) is 33.8 Å². The average Bonchev–Trinajstić information content (AvgIpc) is 2.26. The van der Waals surface area contributed by atoms with E-state index in [1.54, 1.807) is 0 Å². The highest BCUT2D eigenvalue weighted by Gasteiger charge is 2.19. The normalized spacial score (nSPS) is 19.9. The third-order valence-electron chi connectivity index (χ3n) is 3.34. The number of benzene rings is 1. The molecule has 0 radical (unpaired) electrons. The first-order valence-electron chi connectivity index (χ1n) is 6.16. The molecule has 0 bridgehead atoms. The fourth-order valence-corrected chi connectivity index (χ4v) is 3.02. The second-order valence-electron chi connectivity index (χ2n) is 5.05. The van der Waals surface area contributed by atoms with Crippen molar-refractivity contribution in [2.45, 2.75) is 39.2 Å². The lowest BCUT2D eigenvalue weighted by Gasteiger charge is -2.26. The van der Waals surface area contributed by atoms with E-state index in [9.17, 15) is 0 Å². The highest BCUT2D eigenvalue weighted by molar-refractivity contribution is 9.10. The van der Waals surface area contributed by atoms with Crippen molar-refractivity contribution in [2.24, 2.45) is 5.92 Å². The Labute approximate surface area is 107 Å². The maximum atomic E-state index is 3.65. The van der Waals surface area contributed by atoms with Crippen LogP contribution in [0.1, 0.15) is 31.4 Å². The van der Waals surface area contributed by atoms with E-state index in [1.165, 1.54) is 34.9 Å². The van der Waals surface area contributed by atoms with Gasteiger partial charge in [0.1, 0.15) is 0 Å². The van der Waals surface area contributed by atoms with Crippen molar-refractivity contribution in [2.75, 3.05) is 6.54 Å². The molecule has 2 heteroatoms. The minimum Gasteiger partial charge on any atom is -0.314 e. The Hall–Kier alpha value is -0.340. The molecule has 0 amide bonds. The first kappa shape index (κ1) is 12.1. The first-order chi connectivity index (χ1) is 7.66. The van der Waals surface area contributed by atoms with Gasteiger partial charge in [-0.1, -0.05) is 41.9 Å². The number of hydrogen-bond acceptors (Lipinski definition) is 1. The van der Waals surface area contributed by atoms with Gasteiger partial charge in [-0.2, -0.15) is 0 Å². The second kappa shape index (κ2) is 5.33. The summed E-state index contributed by atoms with van der Waals surface area (Å²) in [6.45, 7) is 5.59. The van der Waals surface area contributed by atoms with Gasteiger partial charge >= 0.3 is 0 Å². The topological polar surface area (TPSA) is 12.0 Å². The molecule has 0 heterocycles. The molecule has 0 saturated heterocycles. The van der Waals surface area contributed by atoms with E-state index in [-0.39, 0.29) is 0 Å². The zero-order valence-corrected chi connectivity index (χ0v) is 11.7. The smallest absolute Gasteiger partial charge is 0.0210 e. The van der Waals surface area contributed by atoms with Crippen LogP contribution in [-0.4, -0.2) is 12.6 Å². The summed E-state index contributed by atoms with van der Waals surface area (Å²) in [7, 11) is 0. The molecule has 1 aromatic rings. The molecule has 1 N–H and O–H groups in total. The lowest BCUT2D eigenvalue weighted by molar-refractivity contribution is 0.406. The fourth-order valence-electron chi connectivity index (χ4n) is 2.41. The van der Waals surface area contributed by atoms with Crippen LogP contribution in [0.25, 0.3) is 0 Å². The summed E-state index contributed by atoms with van der Waals surface area (Å²) < 4.78 is 1.29. The Kier molecular flexibility index (Phi) is 4.04. The van der Waals surface area contributed by atoms with E-state index in [4.69, 9.17) is 0 Å². The van der Waals surface area contributed by atoms with E-state index >= 15 is 0 Å². The Morgan fingerprint density at radius 3 is 3.00 bits per heavy atom. The van der Waals surface area contributed by atoms with Crippen LogP contribution in [0.4, 0.5) is 0 Å². The first-order valence-corrected chi connectivity index (χ1v) is 6.95. The molecular formula is C14H20BrN. The molecule has 0 aromatic heterocycles. The van der Waals surface area contributed by atoms with Gasteiger partial charge in [0, 0.05) is 10.5 Å². The van der Waals surface area contributed by atoms with Crippen molar-refractivity contribution in [3.63, 3.8) is 0 Å². The summed E-state index contributed by atoms with van der Waals surface area (Å²) in [5.41, 5.74) is 3.07. The maximum absolute atomic E-state index is 3.65. The monoisotopic (exact) mass is 281 g/mol. The third-order valence-corrected chi connectivity index (χ3v) is 4.08. The van der Waals surface area contributed by atoms with Crippen molar-refractivity contribution in [1.29, 1.82) is 0 Å². The highest BCUT2D eigenvalue weighted by atomic mass is 79.9. The summed E-state index contributed by atoms with van der Waals surface area (Å²) in [4.78, 5) is 0. The quantitative estimate of drug-likeness (QED) is 0.894. The molecule has 1 atom stereocenters. The number of halogens is 1. The molecule has 2 rings (SSSR count). The molecule has 0 spiro atoms. The van der Waals surface area contributed by atoms with Crippen molar-refractivity contribution < 1.29 is 0 Å². The Morgan fingerprint density at radius 2 is 2.25 bits per heavy atom. The summed E-state index contributed by atoms with van der Waals surface area (Å²) in [5, 5.41) is 3.55. The van der Waals surface area contributed by atoms with Crippen LogP contribution in [0.3, 0.4) is 0 Å². The minimum absolute atomic E-state index is 0.601. The lowest BCUT2D eigenvalue weighted by atomic mass is 9.84. The van der Waals surface area contributed by atoms with Gasteiger partial charge in [0.25, 0.3) is 0 Å². The van der Waals surface area contributed by atoms with Crippen molar-refractivity contribution in [3.8, 4) is 0 Å². The van der Waals surface area contributed by atoms with Gasteiger partial charge in [-0.15, -0.1) is 0 Å². The summed E-state index contributed by atoms with van der Waals surface area (Å²) >= 11 is 3.65. The molecule has 1 unspecified atom stereocenters. The fraction of sp³-hybridized carbons (Fsp3) is 0.571. The second-order valence-corrected chi connectivity index (χ2v) is 5.90. The van der Waals surface area contributed by atoms with Gasteiger partial charge in [0.2, 0.25) is 0 Å². The van der Waals surface area contributed by atoms with Crippen molar-refractivity contribution in [1.82, 2.24) is 5.32 Å². The van der Waals surface area contributed by atoms with Gasteiger partial charge in [-0.05, 0) is 48.9 Å². The highest BCUT2D eigenvalue weighted by Crippen LogP contribution is 2.30. The largest absolute Gasteiger partial charge is 0.314 e. The maximum Gasteiger partial charge on any atom is 0.0210 e. The Balaban J connectivity index is 2.01. The SMILES string of the molecule is CC(C)NCC1CCc2c(Br)cccc2C1. The summed E-state index contributed by atoms with van der Waals surface area (Å²) in [5.74, 6) is 0.809. The molecule has 0 fully saturated rings. The number of fused-ring (bicyclic) bond motifs is 1. The molecule has 1 aliphatic carbocycles. The standard InChI is InChI=1S/C14H20BrN/c1-10(2)16-9-11-6-7-13-12(8-11)4-3-5-14(13)15/h3-5,10-11,16H,6-9H2,1-2H3. The van der Waals surface area contributed by atoms with Gasteiger partial charge in [0.15, 0.2) is 0 Å². The number of rotatable bonds is 3. The van der Waals surface area contributed by atoms with Crippen LogP contribution in [0, 0.1) is 5.92 Å². The molecule has 1 nitrogen and oxygen atoms in total. The van der Waals surface area contributed by atoms with Gasteiger partial charge < -0.3 is 5.32 Å². The van der Waals surface area contributed by atoms with Crippen molar-refractivity contribution >= 4 is 15.9 Å². The molecule has 0 aliphatic heterocycles. The predicted octanol–water partition coefficient (Wildman–Crippen LogP) is 3.55. The molecular weight excluding hydrogens is 262 g/mol. The van der Waals surface area contributed by atoms with Gasteiger partial charge in [-0.25, -0.2) is 0 Å². The number of hydrogen-bond donors (Lipinski definition) is 1. The summed E-state index contributed by atoms with van der Waals surface area (Å²) in [6, 6.07) is 7.19. The van der Waals surface area contributed by atoms with E-state index in [0.29, 0.717) is 6.04 Å².